The standard InChI is InChI=1S/C25H20N8O/c34-25(29-27-16-19-8-12-23(13-9-19)32-15-14-26-18-32)22-10-6-20(7-11-22)17-33-30-24(28-31-33)21-4-2-1-3-5-21/h1-16,18H,17H2,(H,29,34)/b27-16+. The van der Waals surface area contributed by atoms with E-state index in [4.69, 9.17) is 0 Å². The maximum absolute atomic E-state index is 12.4. The van der Waals surface area contributed by atoms with Crippen LogP contribution < -0.4 is 5.43 Å². The van der Waals surface area contributed by atoms with Crippen molar-refractivity contribution < 1.29 is 4.79 Å². The molecule has 0 atom stereocenters. The molecule has 34 heavy (non-hydrogen) atoms. The first kappa shape index (κ1) is 21.0. The molecule has 5 aromatic rings. The molecule has 0 aliphatic heterocycles. The van der Waals surface area contributed by atoms with Crippen LogP contribution in [-0.4, -0.2) is 41.9 Å². The number of hydrazone groups is 1. The number of rotatable bonds is 7. The SMILES string of the molecule is O=C(N/N=C/c1ccc(-n2ccnc2)cc1)c1ccc(Cn2nnc(-c3ccccc3)n2)cc1. The van der Waals surface area contributed by atoms with Gasteiger partial charge in [-0.2, -0.15) is 9.90 Å². The molecule has 9 heteroatoms. The lowest BCUT2D eigenvalue weighted by Crippen LogP contribution is -2.17. The lowest BCUT2D eigenvalue weighted by molar-refractivity contribution is 0.0955. The molecule has 1 N–H and O–H groups in total. The van der Waals surface area contributed by atoms with Crippen LogP contribution in [0.15, 0.2) is 103 Å². The zero-order chi connectivity index (χ0) is 23.2. The summed E-state index contributed by atoms with van der Waals surface area (Å²) < 4.78 is 1.91. The number of nitrogens with zero attached hydrogens (tertiary/aromatic N) is 7. The van der Waals surface area contributed by atoms with Crippen molar-refractivity contribution >= 4 is 12.1 Å². The van der Waals surface area contributed by atoms with Gasteiger partial charge < -0.3 is 4.57 Å². The largest absolute Gasteiger partial charge is 0.306 e. The second-order valence-electron chi connectivity index (χ2n) is 7.47. The average Bonchev–Trinajstić information content (AvgIpc) is 3.58. The smallest absolute Gasteiger partial charge is 0.271 e. The van der Waals surface area contributed by atoms with Crippen molar-refractivity contribution in [3.8, 4) is 17.1 Å². The van der Waals surface area contributed by atoms with Crippen LogP contribution in [0.4, 0.5) is 0 Å². The van der Waals surface area contributed by atoms with E-state index in [2.05, 4.69) is 30.9 Å². The minimum absolute atomic E-state index is 0.289. The zero-order valence-corrected chi connectivity index (χ0v) is 18.1. The van der Waals surface area contributed by atoms with Crippen molar-refractivity contribution in [2.24, 2.45) is 5.10 Å². The number of carbonyl (C=O) groups is 1. The van der Waals surface area contributed by atoms with E-state index in [1.165, 1.54) is 4.80 Å². The van der Waals surface area contributed by atoms with Crippen molar-refractivity contribution in [2.45, 2.75) is 6.54 Å². The van der Waals surface area contributed by atoms with Crippen LogP contribution in [0.2, 0.25) is 0 Å². The van der Waals surface area contributed by atoms with E-state index in [-0.39, 0.29) is 5.91 Å². The Hall–Kier alpha value is -4.92. The number of nitrogens with one attached hydrogen (secondary N) is 1. The second kappa shape index (κ2) is 9.70. The fourth-order valence-corrected chi connectivity index (χ4v) is 3.31. The van der Waals surface area contributed by atoms with Gasteiger partial charge in [0.25, 0.3) is 5.91 Å². The lowest BCUT2D eigenvalue weighted by Gasteiger charge is -2.03. The monoisotopic (exact) mass is 448 g/mol. The Bertz CT molecular complexity index is 1390. The predicted molar refractivity (Wildman–Crippen MR) is 127 cm³/mol. The number of benzene rings is 3. The van der Waals surface area contributed by atoms with Gasteiger partial charge in [-0.05, 0) is 40.6 Å². The lowest BCUT2D eigenvalue weighted by atomic mass is 10.1. The van der Waals surface area contributed by atoms with Gasteiger partial charge >= 0.3 is 0 Å². The van der Waals surface area contributed by atoms with Gasteiger partial charge in [0.15, 0.2) is 0 Å². The van der Waals surface area contributed by atoms with E-state index in [1.807, 2.05) is 77.5 Å². The summed E-state index contributed by atoms with van der Waals surface area (Å²) in [5.41, 5.74) is 6.80. The molecule has 3 aromatic carbocycles. The molecule has 0 bridgehead atoms. The summed E-state index contributed by atoms with van der Waals surface area (Å²) in [5, 5.41) is 16.7. The fraction of sp³-hybridized carbons (Fsp3) is 0.0400. The van der Waals surface area contributed by atoms with E-state index in [0.717, 1.165) is 22.4 Å². The summed E-state index contributed by atoms with van der Waals surface area (Å²) >= 11 is 0. The van der Waals surface area contributed by atoms with E-state index in [9.17, 15) is 4.79 Å². The minimum atomic E-state index is -0.289. The van der Waals surface area contributed by atoms with Crippen molar-refractivity contribution in [2.75, 3.05) is 0 Å². The van der Waals surface area contributed by atoms with Crippen LogP contribution in [0, 0.1) is 0 Å². The van der Waals surface area contributed by atoms with E-state index >= 15 is 0 Å². The molecule has 0 aliphatic rings. The van der Waals surface area contributed by atoms with Crippen LogP contribution in [0.5, 0.6) is 0 Å². The van der Waals surface area contributed by atoms with Crippen LogP contribution >= 0.6 is 0 Å². The summed E-state index contributed by atoms with van der Waals surface area (Å²) in [6.45, 7) is 0.453. The highest BCUT2D eigenvalue weighted by atomic mass is 16.2. The number of amides is 1. The molecule has 0 saturated carbocycles. The number of carbonyl (C=O) groups excluding carboxylic acids is 1. The molecule has 0 saturated heterocycles. The first-order valence-corrected chi connectivity index (χ1v) is 10.6. The molecular formula is C25H20N8O. The molecule has 0 unspecified atom stereocenters. The van der Waals surface area contributed by atoms with Crippen molar-refractivity contribution in [1.82, 2.24) is 35.2 Å². The van der Waals surface area contributed by atoms with Crippen molar-refractivity contribution in [3.63, 3.8) is 0 Å². The number of hydrogen-bond donors (Lipinski definition) is 1. The minimum Gasteiger partial charge on any atom is -0.306 e. The van der Waals surface area contributed by atoms with E-state index < -0.39 is 0 Å². The number of aromatic nitrogens is 6. The van der Waals surface area contributed by atoms with Gasteiger partial charge in [0.1, 0.15) is 0 Å². The Morgan fingerprint density at radius 1 is 0.971 bits per heavy atom. The molecule has 0 spiro atoms. The molecule has 2 heterocycles. The van der Waals surface area contributed by atoms with Gasteiger partial charge in [-0.25, -0.2) is 10.4 Å². The predicted octanol–water partition coefficient (Wildman–Crippen LogP) is 3.34. The third kappa shape index (κ3) is 4.94. The molecule has 9 nitrogen and oxygen atoms in total. The Kier molecular flexibility index (Phi) is 5.98. The summed E-state index contributed by atoms with van der Waals surface area (Å²) in [5.74, 6) is 0.286. The molecular weight excluding hydrogens is 428 g/mol. The normalized spacial score (nSPS) is 11.1. The highest BCUT2D eigenvalue weighted by molar-refractivity contribution is 5.94. The molecule has 0 aliphatic carbocycles. The molecule has 2 aromatic heterocycles. The second-order valence-corrected chi connectivity index (χ2v) is 7.47. The third-order valence-electron chi connectivity index (χ3n) is 5.10. The van der Waals surface area contributed by atoms with E-state index in [1.54, 1.807) is 30.9 Å². The van der Waals surface area contributed by atoms with Crippen LogP contribution in [0.1, 0.15) is 21.5 Å². The van der Waals surface area contributed by atoms with Gasteiger partial charge in [-0.3, -0.25) is 4.79 Å². The molecule has 166 valence electrons. The first-order valence-electron chi connectivity index (χ1n) is 10.6. The molecule has 0 fully saturated rings. The third-order valence-corrected chi connectivity index (χ3v) is 5.10. The number of imidazole rings is 1. The highest BCUT2D eigenvalue weighted by Gasteiger charge is 2.07. The topological polar surface area (TPSA) is 103 Å². The van der Waals surface area contributed by atoms with Crippen molar-refractivity contribution in [3.05, 3.63) is 114 Å². The van der Waals surface area contributed by atoms with Crippen molar-refractivity contribution in [1.29, 1.82) is 0 Å². The molecule has 0 radical (unpaired) electrons. The summed E-state index contributed by atoms with van der Waals surface area (Å²) in [7, 11) is 0. The Morgan fingerprint density at radius 2 is 1.76 bits per heavy atom. The maximum atomic E-state index is 12.4. The number of tetrazole rings is 1. The first-order chi connectivity index (χ1) is 16.7. The Labute approximate surface area is 195 Å². The Morgan fingerprint density at radius 3 is 2.50 bits per heavy atom. The zero-order valence-electron chi connectivity index (χ0n) is 18.1. The van der Waals surface area contributed by atoms with Crippen LogP contribution in [0.3, 0.4) is 0 Å². The van der Waals surface area contributed by atoms with Crippen LogP contribution in [0.25, 0.3) is 17.1 Å². The highest BCUT2D eigenvalue weighted by Crippen LogP contribution is 2.13. The summed E-state index contributed by atoms with van der Waals surface area (Å²) in [4.78, 5) is 18.0. The summed E-state index contributed by atoms with van der Waals surface area (Å²) in [6.07, 6.45) is 6.94. The molecule has 1 amide bonds. The molecule has 5 rings (SSSR count). The van der Waals surface area contributed by atoms with Gasteiger partial charge in [-0.15, -0.1) is 10.2 Å². The quantitative estimate of drug-likeness (QED) is 0.304. The van der Waals surface area contributed by atoms with Gasteiger partial charge in [0.2, 0.25) is 5.82 Å². The van der Waals surface area contributed by atoms with Gasteiger partial charge in [-0.1, -0.05) is 54.6 Å². The van der Waals surface area contributed by atoms with E-state index in [0.29, 0.717) is 17.9 Å². The van der Waals surface area contributed by atoms with Gasteiger partial charge in [0.05, 0.1) is 19.1 Å². The Balaban J connectivity index is 1.16. The van der Waals surface area contributed by atoms with Gasteiger partial charge in [0, 0.05) is 29.2 Å². The van der Waals surface area contributed by atoms with Crippen LogP contribution in [-0.2, 0) is 6.54 Å². The number of hydrogen-bond acceptors (Lipinski definition) is 6. The fourth-order valence-electron chi connectivity index (χ4n) is 3.31. The average molecular weight is 448 g/mol. The maximum Gasteiger partial charge on any atom is 0.271 e. The summed E-state index contributed by atoms with van der Waals surface area (Å²) in [6, 6.07) is 24.6.